The van der Waals surface area contributed by atoms with Crippen LogP contribution in [0.2, 0.25) is 10.0 Å². The predicted molar refractivity (Wildman–Crippen MR) is 121 cm³/mol. The monoisotopic (exact) mass is 450 g/mol. The van der Waals surface area contributed by atoms with E-state index in [1.165, 1.54) is 6.33 Å². The summed E-state index contributed by atoms with van der Waals surface area (Å²) in [7, 11) is 0. The summed E-state index contributed by atoms with van der Waals surface area (Å²) in [6.07, 6.45) is 4.77. The molecule has 154 valence electrons. The highest BCUT2D eigenvalue weighted by atomic mass is 35.5. The minimum Gasteiger partial charge on any atom is -0.438 e. The number of halogens is 2. The lowest BCUT2D eigenvalue weighted by Crippen LogP contribution is -2.12. The molecule has 8 heteroatoms. The summed E-state index contributed by atoms with van der Waals surface area (Å²) < 4.78 is 6.10. The lowest BCUT2D eigenvalue weighted by Gasteiger charge is -2.13. The summed E-state index contributed by atoms with van der Waals surface area (Å²) in [4.78, 5) is 25.2. The van der Waals surface area contributed by atoms with Gasteiger partial charge in [0.25, 0.3) is 5.91 Å². The zero-order chi connectivity index (χ0) is 21.8. The van der Waals surface area contributed by atoms with Gasteiger partial charge in [0.1, 0.15) is 12.1 Å². The number of carbonyl (C=O) groups is 1. The first-order chi connectivity index (χ1) is 15.0. The van der Waals surface area contributed by atoms with E-state index in [-0.39, 0.29) is 5.91 Å². The molecule has 0 unspecified atom stereocenters. The molecule has 0 bridgehead atoms. The summed E-state index contributed by atoms with van der Waals surface area (Å²) in [5.74, 6) is 0.615. The first-order valence-electron chi connectivity index (χ1n) is 9.27. The standard InChI is InChI=1S/C23H16Cl2N4O2/c1-14-4-5-18(29-22(30)15-9-16(24)11-17(25)10-15)12-21(14)31-23-19(3-2-7-27-23)20-6-8-26-13-28-20/h2-13H,1H3,(H,29,30). The van der Waals surface area contributed by atoms with E-state index < -0.39 is 0 Å². The molecule has 0 aliphatic carbocycles. The van der Waals surface area contributed by atoms with Crippen LogP contribution in [0.1, 0.15) is 15.9 Å². The van der Waals surface area contributed by atoms with E-state index in [4.69, 9.17) is 27.9 Å². The van der Waals surface area contributed by atoms with Gasteiger partial charge in [-0.1, -0.05) is 29.3 Å². The molecule has 0 spiro atoms. The topological polar surface area (TPSA) is 77.0 Å². The molecule has 2 heterocycles. The van der Waals surface area contributed by atoms with Crippen molar-refractivity contribution in [2.75, 3.05) is 5.32 Å². The number of benzene rings is 2. The predicted octanol–water partition coefficient (Wildman–Crippen LogP) is 6.20. The van der Waals surface area contributed by atoms with Crippen molar-refractivity contribution in [1.29, 1.82) is 0 Å². The molecule has 1 N–H and O–H groups in total. The summed E-state index contributed by atoms with van der Waals surface area (Å²) in [6, 6.07) is 15.5. The molecular formula is C23H16Cl2N4O2. The first-order valence-corrected chi connectivity index (χ1v) is 10.0. The van der Waals surface area contributed by atoms with E-state index >= 15 is 0 Å². The number of hydrogen-bond donors (Lipinski definition) is 1. The Morgan fingerprint density at radius 2 is 1.77 bits per heavy atom. The molecule has 6 nitrogen and oxygen atoms in total. The van der Waals surface area contributed by atoms with Crippen molar-refractivity contribution in [2.45, 2.75) is 6.92 Å². The number of aryl methyl sites for hydroxylation is 1. The van der Waals surface area contributed by atoms with Crippen LogP contribution in [0.15, 0.2) is 73.3 Å². The van der Waals surface area contributed by atoms with Gasteiger partial charge in [-0.2, -0.15) is 0 Å². The molecular weight excluding hydrogens is 435 g/mol. The van der Waals surface area contributed by atoms with Gasteiger partial charge < -0.3 is 10.1 Å². The molecule has 0 aliphatic heterocycles. The summed E-state index contributed by atoms with van der Waals surface area (Å²) in [6.45, 7) is 1.91. The van der Waals surface area contributed by atoms with Gasteiger partial charge in [-0.25, -0.2) is 15.0 Å². The van der Waals surface area contributed by atoms with Crippen LogP contribution >= 0.6 is 23.2 Å². The molecule has 2 aromatic carbocycles. The lowest BCUT2D eigenvalue weighted by molar-refractivity contribution is 0.102. The van der Waals surface area contributed by atoms with Crippen molar-refractivity contribution in [3.63, 3.8) is 0 Å². The van der Waals surface area contributed by atoms with Crippen LogP contribution in [0, 0.1) is 6.92 Å². The Morgan fingerprint density at radius 3 is 2.52 bits per heavy atom. The highest BCUT2D eigenvalue weighted by Gasteiger charge is 2.13. The minimum absolute atomic E-state index is 0.335. The maximum absolute atomic E-state index is 12.6. The van der Waals surface area contributed by atoms with Crippen LogP contribution in [0.4, 0.5) is 5.69 Å². The number of pyridine rings is 1. The Labute approximate surface area is 188 Å². The number of carbonyl (C=O) groups excluding carboxylic acids is 1. The Bertz CT molecular complexity index is 1230. The van der Waals surface area contributed by atoms with Gasteiger partial charge >= 0.3 is 0 Å². The average molecular weight is 451 g/mol. The Hall–Kier alpha value is -3.48. The SMILES string of the molecule is Cc1ccc(NC(=O)c2cc(Cl)cc(Cl)c2)cc1Oc1ncccc1-c1ccncn1. The van der Waals surface area contributed by atoms with E-state index in [0.29, 0.717) is 38.6 Å². The molecule has 0 radical (unpaired) electrons. The lowest BCUT2D eigenvalue weighted by atomic mass is 10.1. The maximum atomic E-state index is 12.6. The van der Waals surface area contributed by atoms with Gasteiger partial charge in [0, 0.05) is 39.8 Å². The maximum Gasteiger partial charge on any atom is 0.255 e. The van der Waals surface area contributed by atoms with Crippen LogP contribution in [0.25, 0.3) is 11.3 Å². The van der Waals surface area contributed by atoms with E-state index in [2.05, 4.69) is 20.3 Å². The van der Waals surface area contributed by atoms with Gasteiger partial charge in [0.2, 0.25) is 5.88 Å². The van der Waals surface area contributed by atoms with Crippen LogP contribution in [-0.2, 0) is 0 Å². The fourth-order valence-electron chi connectivity index (χ4n) is 2.90. The molecule has 0 atom stereocenters. The average Bonchev–Trinajstić information content (AvgIpc) is 2.76. The molecule has 4 rings (SSSR count). The van der Waals surface area contributed by atoms with E-state index in [1.54, 1.807) is 48.8 Å². The second-order valence-corrected chi connectivity index (χ2v) is 7.52. The third kappa shape index (κ3) is 4.99. The molecule has 0 fully saturated rings. The number of rotatable bonds is 5. The van der Waals surface area contributed by atoms with E-state index in [0.717, 1.165) is 11.1 Å². The van der Waals surface area contributed by atoms with Gasteiger partial charge in [0.15, 0.2) is 0 Å². The van der Waals surface area contributed by atoms with Gasteiger partial charge in [-0.3, -0.25) is 4.79 Å². The number of hydrogen-bond acceptors (Lipinski definition) is 5. The normalized spacial score (nSPS) is 10.5. The third-order valence-corrected chi connectivity index (χ3v) is 4.84. The molecule has 0 aliphatic rings. The number of nitrogens with zero attached hydrogens (tertiary/aromatic N) is 3. The molecule has 0 saturated carbocycles. The molecule has 2 aromatic heterocycles. The number of amides is 1. The fraction of sp³-hybridized carbons (Fsp3) is 0.0435. The number of ether oxygens (including phenoxy) is 1. The molecule has 0 saturated heterocycles. The van der Waals surface area contributed by atoms with E-state index in [1.807, 2.05) is 25.1 Å². The number of anilines is 1. The van der Waals surface area contributed by atoms with Crippen molar-refractivity contribution in [3.05, 3.63) is 94.5 Å². The Kier molecular flexibility index (Phi) is 6.11. The van der Waals surface area contributed by atoms with E-state index in [9.17, 15) is 4.79 Å². The smallest absolute Gasteiger partial charge is 0.255 e. The zero-order valence-electron chi connectivity index (χ0n) is 16.3. The number of nitrogens with one attached hydrogen (secondary N) is 1. The molecule has 31 heavy (non-hydrogen) atoms. The van der Waals surface area contributed by atoms with Crippen molar-refractivity contribution >= 4 is 34.8 Å². The zero-order valence-corrected chi connectivity index (χ0v) is 17.9. The second kappa shape index (κ2) is 9.12. The highest BCUT2D eigenvalue weighted by Crippen LogP contribution is 2.33. The molecule has 1 amide bonds. The van der Waals surface area contributed by atoms with Gasteiger partial charge in [-0.05, 0) is 55.0 Å². The largest absolute Gasteiger partial charge is 0.438 e. The molecule has 4 aromatic rings. The van der Waals surface area contributed by atoms with Crippen LogP contribution < -0.4 is 10.1 Å². The van der Waals surface area contributed by atoms with Crippen molar-refractivity contribution in [2.24, 2.45) is 0 Å². The van der Waals surface area contributed by atoms with Gasteiger partial charge in [-0.15, -0.1) is 0 Å². The summed E-state index contributed by atoms with van der Waals surface area (Å²) in [5.41, 5.74) is 3.21. The van der Waals surface area contributed by atoms with Crippen molar-refractivity contribution < 1.29 is 9.53 Å². The Morgan fingerprint density at radius 1 is 0.968 bits per heavy atom. The minimum atomic E-state index is -0.335. The second-order valence-electron chi connectivity index (χ2n) is 6.65. The number of aromatic nitrogens is 3. The van der Waals surface area contributed by atoms with Crippen LogP contribution in [0.3, 0.4) is 0 Å². The van der Waals surface area contributed by atoms with Crippen molar-refractivity contribution in [1.82, 2.24) is 15.0 Å². The van der Waals surface area contributed by atoms with Crippen LogP contribution in [0.5, 0.6) is 11.6 Å². The van der Waals surface area contributed by atoms with Crippen LogP contribution in [-0.4, -0.2) is 20.9 Å². The summed E-state index contributed by atoms with van der Waals surface area (Å²) >= 11 is 12.0. The van der Waals surface area contributed by atoms with Crippen molar-refractivity contribution in [3.8, 4) is 22.9 Å². The quantitative estimate of drug-likeness (QED) is 0.391. The Balaban J connectivity index is 1.60. The third-order valence-electron chi connectivity index (χ3n) is 4.41. The highest BCUT2D eigenvalue weighted by molar-refractivity contribution is 6.35. The fourth-order valence-corrected chi connectivity index (χ4v) is 3.42. The first kappa shape index (κ1) is 20.8. The summed E-state index contributed by atoms with van der Waals surface area (Å²) in [5, 5.41) is 3.61. The van der Waals surface area contributed by atoms with Gasteiger partial charge in [0.05, 0.1) is 11.3 Å².